The number of para-hydroxylation sites is 1. The third-order valence-corrected chi connectivity index (χ3v) is 5.53. The molecule has 0 radical (unpaired) electrons. The standard InChI is InChI=1S/C24H25N3O3/c25-24(30-15-19-14-28-9-10-29-19)13-23-20-6-5-18(11-16(20)7-8-26-23)22-12-17-3-1-2-4-21(17)27-22/h1-6,11-13,19,25-27H,7-10,14-15H2/b23-13-,25-24?. The summed E-state index contributed by atoms with van der Waals surface area (Å²) in [6.07, 6.45) is 2.59. The number of fused-ring (bicyclic) bond motifs is 2. The molecule has 2 aliphatic heterocycles. The number of nitrogens with one attached hydrogen (secondary N) is 3. The van der Waals surface area contributed by atoms with E-state index in [1.54, 1.807) is 6.08 Å². The Morgan fingerprint density at radius 3 is 2.97 bits per heavy atom. The minimum Gasteiger partial charge on any atom is -0.475 e. The lowest BCUT2D eigenvalue weighted by Gasteiger charge is -2.24. The first kappa shape index (κ1) is 18.9. The molecule has 1 atom stereocenters. The molecule has 0 spiro atoms. The number of H-pyrrole nitrogens is 1. The van der Waals surface area contributed by atoms with Gasteiger partial charge in [0, 0.05) is 40.5 Å². The molecule has 0 saturated carbocycles. The Balaban J connectivity index is 1.33. The Hall–Kier alpha value is -3.09. The highest BCUT2D eigenvalue weighted by atomic mass is 16.6. The molecule has 30 heavy (non-hydrogen) atoms. The molecule has 0 amide bonds. The average molecular weight is 403 g/mol. The lowest BCUT2D eigenvalue weighted by molar-refractivity contribution is -0.103. The summed E-state index contributed by atoms with van der Waals surface area (Å²) in [4.78, 5) is 3.50. The molecule has 154 valence electrons. The predicted molar refractivity (Wildman–Crippen MR) is 118 cm³/mol. The first-order valence-electron chi connectivity index (χ1n) is 10.3. The summed E-state index contributed by atoms with van der Waals surface area (Å²) in [6.45, 7) is 2.88. The Morgan fingerprint density at radius 2 is 2.10 bits per heavy atom. The van der Waals surface area contributed by atoms with E-state index in [1.807, 2.05) is 6.07 Å². The molecular weight excluding hydrogens is 378 g/mol. The summed E-state index contributed by atoms with van der Waals surface area (Å²) in [7, 11) is 0. The van der Waals surface area contributed by atoms with Gasteiger partial charge in [0.2, 0.25) is 5.90 Å². The van der Waals surface area contributed by atoms with Crippen molar-refractivity contribution in [3.05, 3.63) is 65.7 Å². The zero-order valence-electron chi connectivity index (χ0n) is 16.7. The summed E-state index contributed by atoms with van der Waals surface area (Å²) in [6, 6.07) is 17.0. The van der Waals surface area contributed by atoms with Gasteiger partial charge in [-0.1, -0.05) is 30.3 Å². The summed E-state index contributed by atoms with van der Waals surface area (Å²) < 4.78 is 16.5. The van der Waals surface area contributed by atoms with Gasteiger partial charge in [-0.05, 0) is 35.7 Å². The second-order valence-corrected chi connectivity index (χ2v) is 7.62. The van der Waals surface area contributed by atoms with E-state index in [1.165, 1.54) is 16.5 Å². The Morgan fingerprint density at radius 1 is 1.17 bits per heavy atom. The maximum absolute atomic E-state index is 8.18. The highest BCUT2D eigenvalue weighted by molar-refractivity contribution is 5.94. The Bertz CT molecular complexity index is 1060. The zero-order valence-corrected chi connectivity index (χ0v) is 16.7. The van der Waals surface area contributed by atoms with Crippen LogP contribution in [0.4, 0.5) is 0 Å². The fourth-order valence-corrected chi connectivity index (χ4v) is 4.00. The molecule has 1 unspecified atom stereocenters. The van der Waals surface area contributed by atoms with Gasteiger partial charge < -0.3 is 24.5 Å². The van der Waals surface area contributed by atoms with Crippen LogP contribution in [0.15, 0.2) is 54.6 Å². The van der Waals surface area contributed by atoms with Crippen molar-refractivity contribution in [3.8, 4) is 11.3 Å². The van der Waals surface area contributed by atoms with E-state index in [2.05, 4.69) is 52.8 Å². The van der Waals surface area contributed by atoms with Crippen molar-refractivity contribution >= 4 is 22.5 Å². The lowest BCUT2D eigenvalue weighted by Crippen LogP contribution is -2.33. The van der Waals surface area contributed by atoms with Gasteiger partial charge in [-0.15, -0.1) is 0 Å². The normalized spacial score (nSPS) is 20.0. The number of aromatic amines is 1. The molecule has 1 fully saturated rings. The van der Waals surface area contributed by atoms with Crippen molar-refractivity contribution in [1.29, 1.82) is 5.41 Å². The SMILES string of the molecule is N=C(/C=C1\NCCc2cc(-c3cc4ccccc4[nH]3)ccc21)OCC1COCCO1. The summed E-state index contributed by atoms with van der Waals surface area (Å²) in [5.74, 6) is 0.124. The minimum atomic E-state index is -0.108. The molecular formula is C24H25N3O3. The van der Waals surface area contributed by atoms with Crippen molar-refractivity contribution in [2.45, 2.75) is 12.5 Å². The summed E-state index contributed by atoms with van der Waals surface area (Å²) >= 11 is 0. The summed E-state index contributed by atoms with van der Waals surface area (Å²) in [5, 5.41) is 12.8. The third-order valence-electron chi connectivity index (χ3n) is 5.53. The van der Waals surface area contributed by atoms with E-state index >= 15 is 0 Å². The number of ether oxygens (including phenoxy) is 3. The van der Waals surface area contributed by atoms with Gasteiger partial charge in [0.15, 0.2) is 0 Å². The molecule has 6 nitrogen and oxygen atoms in total. The molecule has 2 aromatic carbocycles. The van der Waals surface area contributed by atoms with Crippen LogP contribution in [0.25, 0.3) is 27.9 Å². The molecule has 1 saturated heterocycles. The van der Waals surface area contributed by atoms with Crippen LogP contribution in [0.5, 0.6) is 0 Å². The van der Waals surface area contributed by atoms with Crippen LogP contribution < -0.4 is 5.32 Å². The van der Waals surface area contributed by atoms with Gasteiger partial charge in [-0.25, -0.2) is 0 Å². The van der Waals surface area contributed by atoms with E-state index < -0.39 is 0 Å². The van der Waals surface area contributed by atoms with Crippen molar-refractivity contribution < 1.29 is 14.2 Å². The Kier molecular flexibility index (Phi) is 5.26. The first-order valence-corrected chi connectivity index (χ1v) is 10.3. The number of aromatic nitrogens is 1. The quantitative estimate of drug-likeness (QED) is 0.458. The smallest absolute Gasteiger partial charge is 0.207 e. The highest BCUT2D eigenvalue weighted by Crippen LogP contribution is 2.29. The number of rotatable bonds is 4. The van der Waals surface area contributed by atoms with Gasteiger partial charge in [-0.2, -0.15) is 0 Å². The van der Waals surface area contributed by atoms with Gasteiger partial charge in [0.05, 0.1) is 19.8 Å². The minimum absolute atomic E-state index is 0.108. The molecule has 6 heteroatoms. The topological polar surface area (TPSA) is 79.4 Å². The number of benzene rings is 2. The zero-order chi connectivity index (χ0) is 20.3. The molecule has 3 aromatic rings. The highest BCUT2D eigenvalue weighted by Gasteiger charge is 2.18. The van der Waals surface area contributed by atoms with Crippen LogP contribution in [0.2, 0.25) is 0 Å². The van der Waals surface area contributed by atoms with Gasteiger partial charge in [0.25, 0.3) is 0 Å². The molecule has 3 N–H and O–H groups in total. The fraction of sp³-hybridized carbons (Fsp3) is 0.292. The lowest BCUT2D eigenvalue weighted by atomic mass is 9.94. The fourth-order valence-electron chi connectivity index (χ4n) is 4.00. The van der Waals surface area contributed by atoms with Crippen LogP contribution in [0.3, 0.4) is 0 Å². The second-order valence-electron chi connectivity index (χ2n) is 7.62. The van der Waals surface area contributed by atoms with E-state index in [9.17, 15) is 0 Å². The van der Waals surface area contributed by atoms with E-state index in [0.717, 1.165) is 35.4 Å². The van der Waals surface area contributed by atoms with Crippen molar-refractivity contribution in [2.24, 2.45) is 0 Å². The largest absolute Gasteiger partial charge is 0.475 e. The molecule has 0 bridgehead atoms. The summed E-state index contributed by atoms with van der Waals surface area (Å²) in [5.41, 5.74) is 6.75. The Labute approximate surface area is 175 Å². The maximum atomic E-state index is 8.18. The van der Waals surface area contributed by atoms with Crippen LogP contribution in [0.1, 0.15) is 11.1 Å². The van der Waals surface area contributed by atoms with Gasteiger partial charge >= 0.3 is 0 Å². The maximum Gasteiger partial charge on any atom is 0.207 e. The molecule has 5 rings (SSSR count). The van der Waals surface area contributed by atoms with Crippen LogP contribution >= 0.6 is 0 Å². The van der Waals surface area contributed by atoms with E-state index in [4.69, 9.17) is 19.6 Å². The number of hydrogen-bond donors (Lipinski definition) is 3. The predicted octanol–water partition coefficient (Wildman–Crippen LogP) is 3.73. The van der Waals surface area contributed by atoms with E-state index in [-0.39, 0.29) is 12.0 Å². The van der Waals surface area contributed by atoms with Crippen molar-refractivity contribution in [2.75, 3.05) is 33.0 Å². The van der Waals surface area contributed by atoms with Crippen LogP contribution in [-0.2, 0) is 20.6 Å². The molecule has 1 aromatic heterocycles. The monoisotopic (exact) mass is 403 g/mol. The second kappa shape index (κ2) is 8.34. The molecule has 0 aliphatic carbocycles. The van der Waals surface area contributed by atoms with Gasteiger partial charge in [-0.3, -0.25) is 5.41 Å². The third kappa shape index (κ3) is 3.97. The van der Waals surface area contributed by atoms with Crippen molar-refractivity contribution in [3.63, 3.8) is 0 Å². The van der Waals surface area contributed by atoms with Gasteiger partial charge in [0.1, 0.15) is 12.7 Å². The molecule has 3 heterocycles. The van der Waals surface area contributed by atoms with Crippen LogP contribution in [0, 0.1) is 5.41 Å². The average Bonchev–Trinajstić information content (AvgIpc) is 3.23. The number of hydrogen-bond acceptors (Lipinski definition) is 5. The molecule has 2 aliphatic rings. The van der Waals surface area contributed by atoms with E-state index in [0.29, 0.717) is 26.4 Å². The van der Waals surface area contributed by atoms with Crippen LogP contribution in [-0.4, -0.2) is 50.0 Å². The van der Waals surface area contributed by atoms with Crippen molar-refractivity contribution in [1.82, 2.24) is 10.3 Å². The first-order chi connectivity index (χ1) is 14.8.